The summed E-state index contributed by atoms with van der Waals surface area (Å²) in [6.45, 7) is 10.3. The van der Waals surface area contributed by atoms with Gasteiger partial charge in [-0.25, -0.2) is 0 Å². The SMILES string of the molecule is CCCCCCCCCCNCCN[C@@]1(C)C[C@H](O[C@H]2[C@H](Oc3c4cc5cc3Oc3ccc(cc3Cl)[C@@H](O)[C@@H](NC(=O)[C@@H](CC(C)C)NC)C(=O)N[C@@H](CC(N)=O)C(=O)N[C@H]5C(=O)N[C@H]3C(=O)N[C@H](C(=O)N[C@H](C(=O)NCCCCCO)c5cc(O)cc(O)c5-c5cc3ccc5O)[C@H](O)c3ccc(c(Cl)c3)O4)O[C@H](CN)[C@@H](O)[C@@H]2O)O[C@@H](C)[C@H]1O. The second-order valence-electron chi connectivity index (χ2n) is 31.6. The van der Waals surface area contributed by atoms with Gasteiger partial charge in [0.2, 0.25) is 59.3 Å². The van der Waals surface area contributed by atoms with Crippen LogP contribution in [0.3, 0.4) is 0 Å². The van der Waals surface area contributed by atoms with E-state index in [4.69, 9.17) is 63.1 Å². The van der Waals surface area contributed by atoms with Gasteiger partial charge < -0.3 is 139 Å². The first-order valence-electron chi connectivity index (χ1n) is 40.6. The highest BCUT2D eigenvalue weighted by atomic mass is 35.5. The summed E-state index contributed by atoms with van der Waals surface area (Å²) in [7, 11) is 1.49. The number of phenols is 3. The molecule has 7 aliphatic heterocycles. The van der Waals surface area contributed by atoms with Gasteiger partial charge in [-0.2, -0.15) is 0 Å². The molecule has 5 aromatic carbocycles. The van der Waals surface area contributed by atoms with Crippen molar-refractivity contribution in [2.45, 2.75) is 234 Å². The van der Waals surface area contributed by atoms with Crippen molar-refractivity contribution in [1.29, 1.82) is 0 Å². The van der Waals surface area contributed by atoms with Crippen LogP contribution in [0.25, 0.3) is 11.1 Å². The Bertz CT molecular complexity index is 4460. The lowest BCUT2D eigenvalue weighted by Crippen LogP contribution is -2.66. The average molecular weight is 1720 g/mol. The fourth-order valence-corrected chi connectivity index (χ4v) is 15.8. The zero-order chi connectivity index (χ0) is 87.0. The number of ether oxygens (including phenoxy) is 6. The number of hydrogen-bond acceptors (Lipinski definition) is 27. The number of aliphatic hydroxyl groups is 6. The normalized spacial score (nSPS) is 26.6. The third kappa shape index (κ3) is 22.9. The number of nitrogens with one attached hydrogen (secondary N) is 10. The van der Waals surface area contributed by atoms with E-state index < -0.39 is 215 Å². The molecule has 12 rings (SSSR count). The quantitative estimate of drug-likeness (QED) is 0.0282. The van der Waals surface area contributed by atoms with Gasteiger partial charge >= 0.3 is 0 Å². The second-order valence-corrected chi connectivity index (χ2v) is 32.4. The zero-order valence-corrected chi connectivity index (χ0v) is 69.2. The van der Waals surface area contributed by atoms with Crippen LogP contribution in [0.1, 0.15) is 183 Å². The third-order valence-corrected chi connectivity index (χ3v) is 22.6. The van der Waals surface area contributed by atoms with Gasteiger partial charge in [0.25, 0.3) is 0 Å². The van der Waals surface area contributed by atoms with Gasteiger partial charge in [-0.1, -0.05) is 107 Å². The van der Waals surface area contributed by atoms with Crippen molar-refractivity contribution < 1.29 is 113 Å². The van der Waals surface area contributed by atoms with Crippen LogP contribution in [0.15, 0.2) is 78.9 Å². The number of unbranched alkanes of at least 4 members (excludes halogenated alkanes) is 9. The molecule has 0 radical (unpaired) electrons. The highest BCUT2D eigenvalue weighted by Crippen LogP contribution is 2.50. The van der Waals surface area contributed by atoms with Crippen LogP contribution in [0.4, 0.5) is 0 Å². The maximum Gasteiger partial charge on any atom is 0.248 e. The Morgan fingerprint density at radius 1 is 0.658 bits per heavy atom. The zero-order valence-electron chi connectivity index (χ0n) is 67.7. The van der Waals surface area contributed by atoms with Gasteiger partial charge in [0.1, 0.15) is 95.5 Å². The highest BCUT2D eigenvalue weighted by Gasteiger charge is 2.52. The Morgan fingerprint density at radius 3 is 1.91 bits per heavy atom. The molecule has 8 amide bonds. The molecule has 7 aliphatic rings. The molecule has 5 aromatic rings. The van der Waals surface area contributed by atoms with Gasteiger partial charge in [0.15, 0.2) is 23.9 Å². The molecule has 2 saturated heterocycles. The average Bonchev–Trinajstić information content (AvgIpc) is 0.765. The smallest absolute Gasteiger partial charge is 0.248 e. The molecular weight excluding hydrogens is 1600 g/mol. The van der Waals surface area contributed by atoms with Crippen LogP contribution in [-0.2, 0) is 52.6 Å². The van der Waals surface area contributed by atoms with E-state index in [1.807, 2.05) is 13.8 Å². The number of primary amides is 1. The number of rotatable bonds is 31. The minimum Gasteiger partial charge on any atom is -0.508 e. The number of fused-ring (bicyclic) bond motifs is 15. The fraction of sp³-hybridized carbons (Fsp3) is 0.542. The first-order chi connectivity index (χ1) is 57.3. The van der Waals surface area contributed by atoms with Crippen molar-refractivity contribution >= 4 is 70.5 Å². The van der Waals surface area contributed by atoms with Crippen molar-refractivity contribution in [3.63, 3.8) is 0 Å². The molecule has 23 N–H and O–H groups in total. The number of aromatic hydroxyl groups is 3. The summed E-state index contributed by atoms with van der Waals surface area (Å²) >= 11 is 14.4. The van der Waals surface area contributed by atoms with E-state index in [-0.39, 0.29) is 81.3 Å². The van der Waals surface area contributed by atoms with E-state index in [1.165, 1.54) is 69.5 Å². The van der Waals surface area contributed by atoms with Gasteiger partial charge in [-0.15, -0.1) is 0 Å². The Labute approximate surface area is 704 Å². The van der Waals surface area contributed by atoms with Gasteiger partial charge in [-0.05, 0) is 148 Å². The van der Waals surface area contributed by atoms with Crippen LogP contribution >= 0.6 is 23.2 Å². The van der Waals surface area contributed by atoms with Crippen molar-refractivity contribution in [3.8, 4) is 57.1 Å². The van der Waals surface area contributed by atoms with Crippen molar-refractivity contribution in [3.05, 3.63) is 117 Å². The molecule has 656 valence electrons. The number of benzene rings is 5. The molecule has 35 nitrogen and oxygen atoms in total. The lowest BCUT2D eigenvalue weighted by atomic mass is 9.85. The van der Waals surface area contributed by atoms with Crippen LogP contribution < -0.4 is 78.8 Å². The summed E-state index contributed by atoms with van der Waals surface area (Å²) < 4.78 is 39.9. The lowest BCUT2D eigenvalue weighted by molar-refractivity contribution is -0.331. The molecule has 18 atom stereocenters. The Kier molecular flexibility index (Phi) is 32.9. The standard InChI is InChI=1S/C83H112Cl2N12O23/c1-7-8-9-10-11-12-13-15-24-89-26-27-91-83(5)38-61(115-41(4)74(83)107)119-73-71(106)70(105)59(39-86)118-82(73)120-72-57-33-45-34-58(72)117-56-23-20-44(32-50(56)85)69(104)67-81(114)95-65(77(110)90-25-16-14-17-28-98)48-35-46(99)36-54(101)62(48)47-30-42(18-21-53(47)100)63(78(111)97-67)94-79(112)64(45)93-76(109)52(37-60(87)102)92-80(113)66(96-75(108)51(88-6)29-40(2)3)68(103)43-19-22-55(116-57)49(84)31-43/h18-23,30-36,40-41,51-52,59,61,63-71,73-74,82,88-89,91,98-101,103-107H,7-17,24-29,37-39,86H2,1-6H3,(H2,87,102)(H,90,110)(H,92,113)(H,93,109)(H,94,112)(H,95,114)(H,96,108)(H,97,111)/t41-,51+,52-,59+,61-,63+,64+,65-,66+,67-,68+,69+,70+,71-,73+,74+,82-,83-/m0/s1. The Hall–Kier alpha value is -9.28. The maximum atomic E-state index is 16.3. The highest BCUT2D eigenvalue weighted by molar-refractivity contribution is 6.32. The maximum absolute atomic E-state index is 16.3. The number of carbonyl (C=O) groups is 8. The molecule has 11 bridgehead atoms. The summed E-state index contributed by atoms with van der Waals surface area (Å²) in [6, 6.07) is 0.748. The summed E-state index contributed by atoms with van der Waals surface area (Å²) in [4.78, 5) is 120. The van der Waals surface area contributed by atoms with Crippen LogP contribution in [0, 0.1) is 5.92 Å². The predicted molar refractivity (Wildman–Crippen MR) is 437 cm³/mol. The molecule has 0 spiro atoms. The number of amides is 8. The topological polar surface area (TPSA) is 546 Å². The number of likely N-dealkylation sites (N-methyl/N-ethyl adjacent to an activating group) is 1. The molecule has 7 heterocycles. The molecule has 0 aromatic heterocycles. The van der Waals surface area contributed by atoms with Crippen LogP contribution in [-0.4, -0.2) is 219 Å². The van der Waals surface area contributed by atoms with Crippen LogP contribution in [0.2, 0.25) is 10.0 Å². The summed E-state index contributed by atoms with van der Waals surface area (Å²) in [5.74, 6) is -14.3. The summed E-state index contributed by atoms with van der Waals surface area (Å²) in [5.41, 5.74) is 8.74. The molecule has 0 unspecified atom stereocenters. The minimum absolute atomic E-state index is 0.0397. The van der Waals surface area contributed by atoms with E-state index in [9.17, 15) is 60.3 Å². The van der Waals surface area contributed by atoms with Crippen molar-refractivity contribution in [1.82, 2.24) is 53.2 Å². The number of hydrogen-bond donors (Lipinski definition) is 21. The fourth-order valence-electron chi connectivity index (χ4n) is 15.4. The number of carbonyl (C=O) groups excluding carboxylic acids is 8. The number of phenolic OH excluding ortho intramolecular Hbond substituents is 3. The molecule has 120 heavy (non-hydrogen) atoms. The first-order valence-corrected chi connectivity index (χ1v) is 41.4. The predicted octanol–water partition coefficient (Wildman–Crippen LogP) is 3.63. The van der Waals surface area contributed by atoms with Crippen molar-refractivity contribution in [2.75, 3.05) is 46.4 Å². The Morgan fingerprint density at radius 2 is 1.27 bits per heavy atom. The molecular formula is C83H112Cl2N12O23. The first kappa shape index (κ1) is 93.0. The number of aliphatic hydroxyl groups excluding tert-OH is 6. The minimum atomic E-state index is -2.32. The van der Waals surface area contributed by atoms with Gasteiger partial charge in [0, 0.05) is 61.9 Å². The summed E-state index contributed by atoms with van der Waals surface area (Å²) in [5, 5.41) is 133. The van der Waals surface area contributed by atoms with Crippen molar-refractivity contribution in [2.24, 2.45) is 17.4 Å². The van der Waals surface area contributed by atoms with E-state index in [0.29, 0.717) is 32.4 Å². The van der Waals surface area contributed by atoms with Crippen LogP contribution in [0.5, 0.6) is 46.0 Å². The third-order valence-electron chi connectivity index (χ3n) is 22.0. The van der Waals surface area contributed by atoms with E-state index in [1.54, 1.807) is 13.8 Å². The Balaban J connectivity index is 1.16. The molecule has 0 saturated carbocycles. The van der Waals surface area contributed by atoms with Gasteiger partial charge in [0.05, 0.1) is 34.7 Å². The largest absolute Gasteiger partial charge is 0.508 e. The molecule has 2 fully saturated rings. The molecule has 0 aliphatic carbocycles. The molecule has 37 heteroatoms. The lowest BCUT2D eigenvalue weighted by Gasteiger charge is -2.48. The summed E-state index contributed by atoms with van der Waals surface area (Å²) in [6.07, 6.45) is -7.08. The second kappa shape index (κ2) is 42.5. The van der Waals surface area contributed by atoms with Gasteiger partial charge in [-0.3, -0.25) is 38.4 Å². The van der Waals surface area contributed by atoms with E-state index >= 15 is 24.0 Å². The van der Waals surface area contributed by atoms with E-state index in [2.05, 4.69) is 60.1 Å². The van der Waals surface area contributed by atoms with E-state index in [0.717, 1.165) is 74.3 Å². The monoisotopic (exact) mass is 1710 g/mol. The number of halogens is 2. The number of nitrogens with two attached hydrogens (primary N) is 2.